The van der Waals surface area contributed by atoms with Gasteiger partial charge in [-0.25, -0.2) is 0 Å². The van der Waals surface area contributed by atoms with Crippen molar-refractivity contribution in [2.75, 3.05) is 59.1 Å². The van der Waals surface area contributed by atoms with E-state index in [9.17, 15) is 0 Å². The number of nitrogens with zero attached hydrogens (tertiary/aromatic N) is 2. The molecular weight excluding hydrogens is 380 g/mol. The first-order chi connectivity index (χ1) is 14.3. The Hall–Kier alpha value is -1.63. The Balaban J connectivity index is 1.33. The topological polar surface area (TPSA) is 35.9 Å². The molecule has 29 heavy (non-hydrogen) atoms. The van der Waals surface area contributed by atoms with Crippen LogP contribution in [0.25, 0.3) is 5.57 Å². The van der Waals surface area contributed by atoms with Crippen LogP contribution in [0.3, 0.4) is 0 Å². The first kappa shape index (κ1) is 20.6. The summed E-state index contributed by atoms with van der Waals surface area (Å²) < 4.78 is 5.39. The summed E-state index contributed by atoms with van der Waals surface area (Å²) in [6.07, 6.45) is 3.51. The highest BCUT2D eigenvalue weighted by atomic mass is 32.2. The molecule has 0 unspecified atom stereocenters. The van der Waals surface area contributed by atoms with E-state index in [2.05, 4.69) is 64.4 Å². The minimum absolute atomic E-state index is 0.108. The molecule has 1 saturated heterocycles. The van der Waals surface area contributed by atoms with Gasteiger partial charge in [0.2, 0.25) is 0 Å². The number of hydrogen-bond donors (Lipinski definition) is 1. The molecule has 2 aliphatic rings. The molecule has 2 aliphatic heterocycles. The van der Waals surface area contributed by atoms with Gasteiger partial charge < -0.3 is 14.7 Å². The molecule has 0 atom stereocenters. The van der Waals surface area contributed by atoms with Crippen LogP contribution in [0.4, 0.5) is 0 Å². The summed E-state index contributed by atoms with van der Waals surface area (Å²) in [4.78, 5) is 7.73. The van der Waals surface area contributed by atoms with Gasteiger partial charge in [0.15, 0.2) is 0 Å². The molecule has 4 nitrogen and oxygen atoms in total. The number of ether oxygens (including phenoxy) is 1. The minimum atomic E-state index is 0.108. The van der Waals surface area contributed by atoms with Gasteiger partial charge in [-0.3, -0.25) is 4.90 Å². The molecule has 2 aromatic carbocycles. The fourth-order valence-electron chi connectivity index (χ4n) is 4.03. The standard InChI is InChI=1S/C24H30N2O2S/c27-17-19-28-18-16-26-14-12-25(13-15-26)11-5-8-20-21-6-1-3-9-23(21)29-24-10-4-2-7-22(20)24/h1-4,6-10,27H,5,11-19H2. The Bertz CT molecular complexity index is 784. The van der Waals surface area contributed by atoms with Crippen LogP contribution in [-0.4, -0.2) is 74.0 Å². The third-order valence-corrected chi connectivity index (χ3v) is 6.77. The Morgan fingerprint density at radius 2 is 1.41 bits per heavy atom. The zero-order valence-electron chi connectivity index (χ0n) is 16.9. The number of piperazine rings is 1. The molecule has 154 valence electrons. The Morgan fingerprint density at radius 1 is 0.828 bits per heavy atom. The molecule has 0 spiro atoms. The van der Waals surface area contributed by atoms with Crippen molar-refractivity contribution in [3.63, 3.8) is 0 Å². The van der Waals surface area contributed by atoms with Crippen molar-refractivity contribution in [1.29, 1.82) is 0 Å². The number of fused-ring (bicyclic) bond motifs is 2. The Kier molecular flexibility index (Phi) is 7.41. The van der Waals surface area contributed by atoms with Gasteiger partial charge in [0.25, 0.3) is 0 Å². The number of aliphatic hydroxyl groups is 1. The molecular formula is C24H30N2O2S. The van der Waals surface area contributed by atoms with Gasteiger partial charge in [-0.2, -0.15) is 0 Å². The lowest BCUT2D eigenvalue weighted by Crippen LogP contribution is -2.47. The van der Waals surface area contributed by atoms with Gasteiger partial charge in [-0.05, 0) is 35.3 Å². The van der Waals surface area contributed by atoms with E-state index in [-0.39, 0.29) is 6.61 Å². The minimum Gasteiger partial charge on any atom is -0.394 e. The second kappa shape index (κ2) is 10.4. The van der Waals surface area contributed by atoms with Crippen molar-refractivity contribution in [1.82, 2.24) is 9.80 Å². The van der Waals surface area contributed by atoms with Crippen LogP contribution in [0.15, 0.2) is 64.4 Å². The third-order valence-electron chi connectivity index (χ3n) is 5.62. The third kappa shape index (κ3) is 5.30. The van der Waals surface area contributed by atoms with Gasteiger partial charge in [0, 0.05) is 49.1 Å². The summed E-state index contributed by atoms with van der Waals surface area (Å²) in [6.45, 7) is 7.76. The Morgan fingerprint density at radius 3 is 2.03 bits per heavy atom. The van der Waals surface area contributed by atoms with Crippen molar-refractivity contribution >= 4 is 17.3 Å². The van der Waals surface area contributed by atoms with E-state index >= 15 is 0 Å². The zero-order chi connectivity index (χ0) is 19.9. The summed E-state index contributed by atoms with van der Waals surface area (Å²) in [5.41, 5.74) is 4.11. The number of benzene rings is 2. The second-order valence-corrected chi connectivity index (χ2v) is 8.60. The molecule has 2 heterocycles. The molecule has 1 N–H and O–H groups in total. The maximum absolute atomic E-state index is 8.77. The molecule has 0 bridgehead atoms. The molecule has 0 aliphatic carbocycles. The quantitative estimate of drug-likeness (QED) is 0.574. The molecule has 4 rings (SSSR count). The van der Waals surface area contributed by atoms with E-state index in [4.69, 9.17) is 9.84 Å². The van der Waals surface area contributed by atoms with Gasteiger partial charge in [0.05, 0.1) is 19.8 Å². The summed E-state index contributed by atoms with van der Waals surface area (Å²) >= 11 is 1.88. The van der Waals surface area contributed by atoms with E-state index in [1.54, 1.807) is 0 Å². The lowest BCUT2D eigenvalue weighted by Gasteiger charge is -2.34. The van der Waals surface area contributed by atoms with E-state index < -0.39 is 0 Å². The van der Waals surface area contributed by atoms with Gasteiger partial charge in [-0.15, -0.1) is 0 Å². The SMILES string of the molecule is OCCOCCN1CCN(CCC=C2c3ccccc3Sc3ccccc32)CC1. The molecule has 5 heteroatoms. The van der Waals surface area contributed by atoms with E-state index in [0.717, 1.165) is 45.7 Å². The van der Waals surface area contributed by atoms with Crippen LogP contribution in [-0.2, 0) is 4.74 Å². The predicted octanol–water partition coefficient (Wildman–Crippen LogP) is 3.60. The van der Waals surface area contributed by atoms with Crippen LogP contribution in [0.5, 0.6) is 0 Å². The smallest absolute Gasteiger partial charge is 0.0698 e. The van der Waals surface area contributed by atoms with Crippen LogP contribution in [0.1, 0.15) is 17.5 Å². The fourth-order valence-corrected chi connectivity index (χ4v) is 5.13. The second-order valence-electron chi connectivity index (χ2n) is 7.52. The van der Waals surface area contributed by atoms with Crippen molar-refractivity contribution < 1.29 is 9.84 Å². The number of hydrogen-bond acceptors (Lipinski definition) is 5. The monoisotopic (exact) mass is 410 g/mol. The van der Waals surface area contributed by atoms with Crippen LogP contribution < -0.4 is 0 Å². The zero-order valence-corrected chi connectivity index (χ0v) is 17.7. The molecule has 0 radical (unpaired) electrons. The summed E-state index contributed by atoms with van der Waals surface area (Å²) in [5, 5.41) is 8.77. The molecule has 1 fully saturated rings. The first-order valence-electron chi connectivity index (χ1n) is 10.6. The van der Waals surface area contributed by atoms with Crippen LogP contribution in [0.2, 0.25) is 0 Å². The number of aliphatic hydroxyl groups excluding tert-OH is 1. The highest BCUT2D eigenvalue weighted by Gasteiger charge is 2.20. The first-order valence-corrected chi connectivity index (χ1v) is 11.4. The summed E-state index contributed by atoms with van der Waals surface area (Å²) in [6, 6.07) is 17.5. The average molecular weight is 411 g/mol. The fraction of sp³-hybridized carbons (Fsp3) is 0.417. The van der Waals surface area contributed by atoms with Gasteiger partial charge in [-0.1, -0.05) is 54.2 Å². The van der Waals surface area contributed by atoms with Crippen molar-refractivity contribution in [2.45, 2.75) is 16.2 Å². The van der Waals surface area contributed by atoms with Gasteiger partial charge >= 0.3 is 0 Å². The maximum Gasteiger partial charge on any atom is 0.0698 e. The molecule has 0 saturated carbocycles. The average Bonchev–Trinajstić information content (AvgIpc) is 2.77. The van der Waals surface area contributed by atoms with Crippen LogP contribution in [0, 0.1) is 0 Å². The highest BCUT2D eigenvalue weighted by molar-refractivity contribution is 7.99. The van der Waals surface area contributed by atoms with Gasteiger partial charge in [0.1, 0.15) is 0 Å². The Labute approximate surface area is 178 Å². The highest BCUT2D eigenvalue weighted by Crippen LogP contribution is 2.45. The lowest BCUT2D eigenvalue weighted by molar-refractivity contribution is 0.0579. The normalized spacial score (nSPS) is 17.1. The molecule has 2 aromatic rings. The molecule has 0 aromatic heterocycles. The summed E-state index contributed by atoms with van der Waals surface area (Å²) in [5.74, 6) is 0. The molecule has 0 amide bonds. The van der Waals surface area contributed by atoms with E-state index in [1.807, 2.05) is 11.8 Å². The largest absolute Gasteiger partial charge is 0.394 e. The predicted molar refractivity (Wildman–Crippen MR) is 119 cm³/mol. The van der Waals surface area contributed by atoms with Crippen molar-refractivity contribution in [3.05, 3.63) is 65.7 Å². The summed E-state index contributed by atoms with van der Waals surface area (Å²) in [7, 11) is 0. The lowest BCUT2D eigenvalue weighted by atomic mass is 9.96. The maximum atomic E-state index is 8.77. The van der Waals surface area contributed by atoms with Crippen molar-refractivity contribution in [3.8, 4) is 0 Å². The van der Waals surface area contributed by atoms with Crippen LogP contribution >= 0.6 is 11.8 Å². The van der Waals surface area contributed by atoms with E-state index in [1.165, 1.54) is 26.5 Å². The number of rotatable bonds is 8. The van der Waals surface area contributed by atoms with Crippen molar-refractivity contribution in [2.24, 2.45) is 0 Å². The van der Waals surface area contributed by atoms with E-state index in [0.29, 0.717) is 13.2 Å².